The molecule has 0 aromatic heterocycles. The summed E-state index contributed by atoms with van der Waals surface area (Å²) in [6.07, 6.45) is 0.932. The van der Waals surface area contributed by atoms with Crippen molar-refractivity contribution in [2.24, 2.45) is 0 Å². The van der Waals surface area contributed by atoms with Crippen LogP contribution in [0, 0.1) is 0 Å². The van der Waals surface area contributed by atoms with E-state index in [0.29, 0.717) is 13.2 Å². The number of ether oxygens (including phenoxy) is 2. The number of nitrogens with one attached hydrogen (secondary N) is 1. The van der Waals surface area contributed by atoms with E-state index in [1.165, 1.54) is 5.56 Å². The van der Waals surface area contributed by atoms with Crippen molar-refractivity contribution in [3.63, 3.8) is 0 Å². The molecule has 0 aliphatic rings. The monoisotopic (exact) mass is 331 g/mol. The Balaban J connectivity index is 2.33. The van der Waals surface area contributed by atoms with E-state index >= 15 is 0 Å². The van der Waals surface area contributed by atoms with Gasteiger partial charge in [-0.15, -0.1) is 0 Å². The molecule has 0 spiro atoms. The van der Waals surface area contributed by atoms with Gasteiger partial charge < -0.3 is 19.9 Å². The molecule has 1 aromatic carbocycles. The average Bonchev–Trinajstić information content (AvgIpc) is 2.42. The van der Waals surface area contributed by atoms with Crippen molar-refractivity contribution in [2.75, 3.05) is 33.5 Å². The lowest BCUT2D eigenvalue weighted by Gasteiger charge is -2.15. The molecule has 4 nitrogen and oxygen atoms in total. The third kappa shape index (κ3) is 5.91. The highest BCUT2D eigenvalue weighted by Crippen LogP contribution is 2.27. The van der Waals surface area contributed by atoms with Crippen LogP contribution in [0.2, 0.25) is 0 Å². The summed E-state index contributed by atoms with van der Waals surface area (Å²) in [5.74, 6) is 0.841. The molecule has 0 heterocycles. The van der Waals surface area contributed by atoms with Crippen LogP contribution in [0.1, 0.15) is 24.9 Å². The summed E-state index contributed by atoms with van der Waals surface area (Å²) in [6.45, 7) is 4.19. The van der Waals surface area contributed by atoms with E-state index in [0.717, 1.165) is 23.2 Å². The van der Waals surface area contributed by atoms with Crippen LogP contribution < -0.4 is 10.1 Å². The molecule has 1 rings (SSSR count). The molecular weight excluding hydrogens is 310 g/mol. The number of rotatable bonds is 9. The van der Waals surface area contributed by atoms with Crippen molar-refractivity contribution in [3.05, 3.63) is 28.2 Å². The van der Waals surface area contributed by atoms with Crippen LogP contribution in [-0.2, 0) is 4.74 Å². The Morgan fingerprint density at radius 2 is 2.16 bits per heavy atom. The largest absolute Gasteiger partial charge is 0.496 e. The number of hydrogen-bond acceptors (Lipinski definition) is 4. The van der Waals surface area contributed by atoms with Crippen LogP contribution >= 0.6 is 15.9 Å². The zero-order valence-corrected chi connectivity index (χ0v) is 13.1. The topological polar surface area (TPSA) is 50.7 Å². The summed E-state index contributed by atoms with van der Waals surface area (Å²) >= 11 is 3.49. The first kappa shape index (κ1) is 16.4. The molecule has 0 amide bonds. The molecule has 108 valence electrons. The summed E-state index contributed by atoms with van der Waals surface area (Å²) in [7, 11) is 1.66. The first-order valence-electron chi connectivity index (χ1n) is 6.44. The first-order valence-corrected chi connectivity index (χ1v) is 7.23. The van der Waals surface area contributed by atoms with E-state index in [4.69, 9.17) is 14.6 Å². The van der Waals surface area contributed by atoms with Gasteiger partial charge in [0.05, 0.1) is 24.8 Å². The van der Waals surface area contributed by atoms with Crippen molar-refractivity contribution in [1.82, 2.24) is 5.32 Å². The van der Waals surface area contributed by atoms with E-state index < -0.39 is 0 Å². The number of aliphatic hydroxyl groups excluding tert-OH is 1. The minimum Gasteiger partial charge on any atom is -0.496 e. The molecule has 19 heavy (non-hydrogen) atoms. The average molecular weight is 332 g/mol. The summed E-state index contributed by atoms with van der Waals surface area (Å²) in [5.41, 5.74) is 1.21. The normalized spacial score (nSPS) is 12.4. The van der Waals surface area contributed by atoms with Crippen molar-refractivity contribution >= 4 is 15.9 Å². The molecule has 1 aromatic rings. The molecule has 0 aliphatic heterocycles. The molecule has 2 N–H and O–H groups in total. The summed E-state index contributed by atoms with van der Waals surface area (Å²) < 4.78 is 11.4. The van der Waals surface area contributed by atoms with Crippen LogP contribution in [-0.4, -0.2) is 38.6 Å². The fraction of sp³-hybridized carbons (Fsp3) is 0.571. The molecule has 1 atom stereocenters. The van der Waals surface area contributed by atoms with Gasteiger partial charge in [-0.05, 0) is 53.5 Å². The van der Waals surface area contributed by atoms with Gasteiger partial charge in [0, 0.05) is 12.6 Å². The van der Waals surface area contributed by atoms with Gasteiger partial charge in [0.1, 0.15) is 5.75 Å². The van der Waals surface area contributed by atoms with Gasteiger partial charge in [-0.2, -0.15) is 0 Å². The van der Waals surface area contributed by atoms with Gasteiger partial charge >= 0.3 is 0 Å². The molecule has 0 bridgehead atoms. The van der Waals surface area contributed by atoms with Gasteiger partial charge in [-0.25, -0.2) is 0 Å². The molecule has 0 saturated carbocycles. The van der Waals surface area contributed by atoms with Crippen LogP contribution in [0.15, 0.2) is 22.7 Å². The third-order valence-electron chi connectivity index (χ3n) is 2.83. The number of methoxy groups -OCH3 is 1. The fourth-order valence-electron chi connectivity index (χ4n) is 1.73. The van der Waals surface area contributed by atoms with Crippen LogP contribution in [0.4, 0.5) is 0 Å². The van der Waals surface area contributed by atoms with Gasteiger partial charge in [0.15, 0.2) is 0 Å². The smallest absolute Gasteiger partial charge is 0.133 e. The predicted octanol–water partition coefficient (Wildman–Crippen LogP) is 2.51. The Morgan fingerprint density at radius 1 is 1.37 bits per heavy atom. The van der Waals surface area contributed by atoms with E-state index in [1.54, 1.807) is 7.11 Å². The third-order valence-corrected chi connectivity index (χ3v) is 3.45. The summed E-state index contributed by atoms with van der Waals surface area (Å²) in [6, 6.07) is 6.37. The maximum atomic E-state index is 8.57. The van der Waals surface area contributed by atoms with Crippen LogP contribution in [0.25, 0.3) is 0 Å². The van der Waals surface area contributed by atoms with Gasteiger partial charge in [-0.3, -0.25) is 0 Å². The zero-order valence-electron chi connectivity index (χ0n) is 11.5. The van der Waals surface area contributed by atoms with Crippen LogP contribution in [0.3, 0.4) is 0 Å². The highest BCUT2D eigenvalue weighted by atomic mass is 79.9. The molecule has 5 heteroatoms. The van der Waals surface area contributed by atoms with Crippen molar-refractivity contribution in [2.45, 2.75) is 19.4 Å². The van der Waals surface area contributed by atoms with Crippen molar-refractivity contribution in [1.29, 1.82) is 0 Å². The molecular formula is C14H22BrNO3. The second-order valence-corrected chi connectivity index (χ2v) is 5.11. The minimum absolute atomic E-state index is 0.0870. The standard InChI is InChI=1S/C14H22BrNO3/c1-11(16-6-3-8-19-9-7-17)12-4-5-14(18-2)13(15)10-12/h4-5,10-11,16-17H,3,6-9H2,1-2H3. The highest BCUT2D eigenvalue weighted by Gasteiger charge is 2.07. The first-order chi connectivity index (χ1) is 9.19. The molecule has 0 saturated heterocycles. The quantitative estimate of drug-likeness (QED) is 0.682. The fourth-order valence-corrected chi connectivity index (χ4v) is 2.29. The molecule has 1 unspecified atom stereocenters. The Morgan fingerprint density at radius 3 is 2.79 bits per heavy atom. The Kier molecular flexibility index (Phi) is 8.05. The van der Waals surface area contributed by atoms with Crippen molar-refractivity contribution in [3.8, 4) is 5.75 Å². The number of aliphatic hydroxyl groups is 1. The number of hydrogen-bond donors (Lipinski definition) is 2. The van der Waals surface area contributed by atoms with E-state index in [2.05, 4.69) is 40.3 Å². The molecule has 0 aliphatic carbocycles. The lowest BCUT2D eigenvalue weighted by atomic mass is 10.1. The van der Waals surface area contributed by atoms with E-state index in [-0.39, 0.29) is 12.6 Å². The lowest BCUT2D eigenvalue weighted by Crippen LogP contribution is -2.21. The predicted molar refractivity (Wildman–Crippen MR) is 79.6 cm³/mol. The van der Waals surface area contributed by atoms with E-state index in [1.807, 2.05) is 6.07 Å². The Bertz CT molecular complexity index is 374. The summed E-state index contributed by atoms with van der Waals surface area (Å²) in [5, 5.41) is 12.0. The second-order valence-electron chi connectivity index (χ2n) is 4.26. The van der Waals surface area contributed by atoms with Gasteiger partial charge in [-0.1, -0.05) is 6.07 Å². The second kappa shape index (κ2) is 9.31. The van der Waals surface area contributed by atoms with Crippen LogP contribution in [0.5, 0.6) is 5.75 Å². The Labute approximate surface area is 123 Å². The zero-order chi connectivity index (χ0) is 14.1. The van der Waals surface area contributed by atoms with Gasteiger partial charge in [0.25, 0.3) is 0 Å². The number of halogens is 1. The van der Waals surface area contributed by atoms with E-state index in [9.17, 15) is 0 Å². The highest BCUT2D eigenvalue weighted by molar-refractivity contribution is 9.10. The number of benzene rings is 1. The molecule has 0 radical (unpaired) electrons. The summed E-state index contributed by atoms with van der Waals surface area (Å²) in [4.78, 5) is 0. The Hall–Kier alpha value is -0.620. The van der Waals surface area contributed by atoms with Crippen molar-refractivity contribution < 1.29 is 14.6 Å². The maximum absolute atomic E-state index is 8.57. The SMILES string of the molecule is COc1ccc(C(C)NCCCOCCO)cc1Br. The molecule has 0 fully saturated rings. The maximum Gasteiger partial charge on any atom is 0.133 e. The lowest BCUT2D eigenvalue weighted by molar-refractivity contribution is 0.0904. The van der Waals surface area contributed by atoms with Gasteiger partial charge in [0.2, 0.25) is 0 Å². The minimum atomic E-state index is 0.0870.